The van der Waals surface area contributed by atoms with Gasteiger partial charge in [0.15, 0.2) is 0 Å². The number of Topliss-reactive ketones (excluding diaryl/α,β-unsaturated/α-hetero) is 1. The average Bonchev–Trinajstić information content (AvgIpc) is 3.06. The van der Waals surface area contributed by atoms with Gasteiger partial charge in [-0.3, -0.25) is 4.79 Å². The summed E-state index contributed by atoms with van der Waals surface area (Å²) in [5, 5.41) is 0. The van der Waals surface area contributed by atoms with Gasteiger partial charge in [-0.2, -0.15) is 0 Å². The van der Waals surface area contributed by atoms with Crippen molar-refractivity contribution in [2.45, 2.75) is 51.4 Å². The van der Waals surface area contributed by atoms with E-state index in [1.54, 1.807) is 0 Å². The normalized spacial score (nSPS) is 53.8. The summed E-state index contributed by atoms with van der Waals surface area (Å²) in [7, 11) is 0. The van der Waals surface area contributed by atoms with Crippen LogP contribution in [0.1, 0.15) is 51.4 Å². The molecule has 6 unspecified atom stereocenters. The average molecular weight is 218 g/mol. The zero-order valence-corrected chi connectivity index (χ0v) is 10.0. The van der Waals surface area contributed by atoms with Gasteiger partial charge >= 0.3 is 0 Å². The minimum Gasteiger partial charge on any atom is -0.299 e. The van der Waals surface area contributed by atoms with Crippen LogP contribution in [0.2, 0.25) is 0 Å². The molecular weight excluding hydrogens is 196 g/mol. The third-order valence-corrected chi connectivity index (χ3v) is 6.21. The van der Waals surface area contributed by atoms with Crippen LogP contribution in [0.15, 0.2) is 0 Å². The van der Waals surface area contributed by atoms with Crippen LogP contribution >= 0.6 is 0 Å². The molecule has 0 saturated heterocycles. The Morgan fingerprint density at radius 3 is 1.50 bits per heavy atom. The van der Waals surface area contributed by atoms with E-state index in [9.17, 15) is 4.79 Å². The number of ketones is 1. The Hall–Kier alpha value is -0.330. The maximum Gasteiger partial charge on any atom is 0.139 e. The molecule has 0 N–H and O–H groups in total. The molecule has 4 fully saturated rings. The maximum absolute atomic E-state index is 12.6. The van der Waals surface area contributed by atoms with Crippen molar-refractivity contribution >= 4 is 5.78 Å². The molecule has 0 amide bonds. The van der Waals surface area contributed by atoms with E-state index < -0.39 is 0 Å². The molecule has 6 atom stereocenters. The largest absolute Gasteiger partial charge is 0.299 e. The minimum absolute atomic E-state index is 0.503. The molecule has 0 aliphatic heterocycles. The molecule has 4 aliphatic rings. The predicted molar refractivity (Wildman–Crippen MR) is 62.9 cm³/mol. The van der Waals surface area contributed by atoms with Crippen LogP contribution in [0, 0.1) is 35.5 Å². The van der Waals surface area contributed by atoms with Gasteiger partial charge in [0, 0.05) is 11.8 Å². The molecule has 0 heterocycles. The monoisotopic (exact) mass is 218 g/mol. The van der Waals surface area contributed by atoms with E-state index in [1.165, 1.54) is 51.4 Å². The molecule has 1 heteroatoms. The Labute approximate surface area is 98.0 Å². The molecule has 0 aromatic rings. The van der Waals surface area contributed by atoms with Crippen molar-refractivity contribution in [1.82, 2.24) is 0 Å². The maximum atomic E-state index is 12.6. The highest BCUT2D eigenvalue weighted by molar-refractivity contribution is 5.85. The second-order valence-corrected chi connectivity index (χ2v) is 6.97. The highest BCUT2D eigenvalue weighted by atomic mass is 16.1. The molecule has 0 spiro atoms. The van der Waals surface area contributed by atoms with E-state index in [0.717, 1.165) is 23.7 Å². The summed E-state index contributed by atoms with van der Waals surface area (Å²) < 4.78 is 0. The Balaban J connectivity index is 1.50. The van der Waals surface area contributed by atoms with Crippen molar-refractivity contribution < 1.29 is 4.79 Å². The number of rotatable bonds is 2. The number of fused-ring (bicyclic) bond motifs is 4. The van der Waals surface area contributed by atoms with Crippen LogP contribution in [-0.4, -0.2) is 5.78 Å². The standard InChI is InChI=1S/C15H22O/c16-15(13-7-9-1-3-11(13)5-9)14-8-10-2-4-12(14)6-10/h9-14H,1-8H2. The lowest BCUT2D eigenvalue weighted by Gasteiger charge is -2.27. The number of hydrogen-bond donors (Lipinski definition) is 0. The van der Waals surface area contributed by atoms with Gasteiger partial charge in [-0.05, 0) is 62.2 Å². The fourth-order valence-electron chi connectivity index (χ4n) is 5.46. The zero-order valence-electron chi connectivity index (χ0n) is 10.0. The topological polar surface area (TPSA) is 17.1 Å². The molecule has 0 aromatic heterocycles. The molecule has 4 rings (SSSR count). The summed E-state index contributed by atoms with van der Waals surface area (Å²) in [5.74, 6) is 5.17. The van der Waals surface area contributed by atoms with Gasteiger partial charge in [0.1, 0.15) is 5.78 Å². The molecule has 0 aromatic carbocycles. The first-order valence-electron chi connectivity index (χ1n) is 7.35. The van der Waals surface area contributed by atoms with Crippen molar-refractivity contribution in [1.29, 1.82) is 0 Å². The Bertz CT molecular complexity index is 291. The lowest BCUT2D eigenvalue weighted by Crippen LogP contribution is -2.30. The quantitative estimate of drug-likeness (QED) is 0.694. The van der Waals surface area contributed by atoms with E-state index in [-0.39, 0.29) is 0 Å². The van der Waals surface area contributed by atoms with Gasteiger partial charge in [0.2, 0.25) is 0 Å². The zero-order chi connectivity index (χ0) is 10.7. The fraction of sp³-hybridized carbons (Fsp3) is 0.933. The van der Waals surface area contributed by atoms with Crippen LogP contribution < -0.4 is 0 Å². The molecule has 0 radical (unpaired) electrons. The van der Waals surface area contributed by atoms with Crippen molar-refractivity contribution in [3.8, 4) is 0 Å². The summed E-state index contributed by atoms with van der Waals surface area (Å²) in [4.78, 5) is 12.6. The van der Waals surface area contributed by atoms with E-state index in [0.29, 0.717) is 17.6 Å². The second kappa shape index (κ2) is 3.34. The first-order chi connectivity index (χ1) is 7.81. The van der Waals surface area contributed by atoms with E-state index in [2.05, 4.69) is 0 Å². The lowest BCUT2D eigenvalue weighted by atomic mass is 9.76. The van der Waals surface area contributed by atoms with Crippen molar-refractivity contribution in [3.05, 3.63) is 0 Å². The minimum atomic E-state index is 0.503. The van der Waals surface area contributed by atoms with E-state index >= 15 is 0 Å². The van der Waals surface area contributed by atoms with Gasteiger partial charge in [-0.15, -0.1) is 0 Å². The molecular formula is C15H22O. The number of hydrogen-bond acceptors (Lipinski definition) is 1. The number of carbonyl (C=O) groups is 1. The first-order valence-corrected chi connectivity index (χ1v) is 7.35. The third-order valence-electron chi connectivity index (χ3n) is 6.21. The predicted octanol–water partition coefficient (Wildman–Crippen LogP) is 3.43. The molecule has 16 heavy (non-hydrogen) atoms. The fourth-order valence-corrected chi connectivity index (χ4v) is 5.46. The molecule has 88 valence electrons. The van der Waals surface area contributed by atoms with Gasteiger partial charge in [-0.25, -0.2) is 0 Å². The van der Waals surface area contributed by atoms with Crippen molar-refractivity contribution in [3.63, 3.8) is 0 Å². The first kappa shape index (κ1) is 9.67. The Morgan fingerprint density at radius 2 is 1.19 bits per heavy atom. The van der Waals surface area contributed by atoms with Crippen LogP contribution in [-0.2, 0) is 4.79 Å². The summed E-state index contributed by atoms with van der Waals surface area (Å²) in [5.41, 5.74) is 0. The van der Waals surface area contributed by atoms with Crippen molar-refractivity contribution in [2.75, 3.05) is 0 Å². The van der Waals surface area contributed by atoms with Crippen molar-refractivity contribution in [2.24, 2.45) is 35.5 Å². The van der Waals surface area contributed by atoms with Gasteiger partial charge in [-0.1, -0.05) is 12.8 Å². The highest BCUT2D eigenvalue weighted by Gasteiger charge is 2.49. The van der Waals surface area contributed by atoms with Crippen LogP contribution in [0.5, 0.6) is 0 Å². The van der Waals surface area contributed by atoms with Crippen LogP contribution in [0.3, 0.4) is 0 Å². The molecule has 4 aliphatic carbocycles. The van der Waals surface area contributed by atoms with E-state index in [4.69, 9.17) is 0 Å². The van der Waals surface area contributed by atoms with Crippen LogP contribution in [0.4, 0.5) is 0 Å². The third kappa shape index (κ3) is 1.26. The number of carbonyl (C=O) groups excluding carboxylic acids is 1. The van der Waals surface area contributed by atoms with E-state index in [1.807, 2.05) is 0 Å². The Morgan fingerprint density at radius 1 is 0.688 bits per heavy atom. The summed E-state index contributed by atoms with van der Waals surface area (Å²) >= 11 is 0. The molecule has 1 nitrogen and oxygen atoms in total. The van der Waals surface area contributed by atoms with Gasteiger partial charge in [0.05, 0.1) is 0 Å². The molecule has 4 saturated carbocycles. The molecule has 4 bridgehead atoms. The SMILES string of the molecule is O=C(C1CC2CCC1C2)C1CC2CCC1C2. The summed E-state index contributed by atoms with van der Waals surface area (Å²) in [6, 6.07) is 0. The highest BCUT2D eigenvalue weighted by Crippen LogP contribution is 2.54. The van der Waals surface area contributed by atoms with Gasteiger partial charge in [0.25, 0.3) is 0 Å². The second-order valence-electron chi connectivity index (χ2n) is 6.97. The Kier molecular flexibility index (Phi) is 2.02. The summed E-state index contributed by atoms with van der Waals surface area (Å²) in [6.45, 7) is 0. The lowest BCUT2D eigenvalue weighted by molar-refractivity contribution is -0.130. The summed E-state index contributed by atoms with van der Waals surface area (Å²) in [6.07, 6.45) is 10.9. The van der Waals surface area contributed by atoms with Gasteiger partial charge < -0.3 is 0 Å². The van der Waals surface area contributed by atoms with Crippen LogP contribution in [0.25, 0.3) is 0 Å². The smallest absolute Gasteiger partial charge is 0.139 e.